The van der Waals surface area contributed by atoms with E-state index in [9.17, 15) is 20.4 Å². The van der Waals surface area contributed by atoms with Crippen LogP contribution in [0.4, 0.5) is 0 Å². The molecule has 4 N–H and O–H groups in total. The van der Waals surface area contributed by atoms with Gasteiger partial charge in [-0.15, -0.1) is 0 Å². The maximum atomic E-state index is 11.0. The molecule has 0 saturated carbocycles. The van der Waals surface area contributed by atoms with Crippen molar-refractivity contribution in [3.8, 4) is 45.3 Å². The van der Waals surface area contributed by atoms with Gasteiger partial charge in [-0.2, -0.15) is 0 Å². The summed E-state index contributed by atoms with van der Waals surface area (Å²) in [4.78, 5) is 0. The van der Waals surface area contributed by atoms with E-state index in [1.165, 1.54) is 24.3 Å². The molecule has 0 atom stereocenters. The number of rotatable bonds is 2. The molecule has 0 heterocycles. The molecule has 0 aliphatic rings. The average molecular weight is 344 g/mol. The van der Waals surface area contributed by atoms with Crippen molar-refractivity contribution in [2.45, 2.75) is 0 Å². The second kappa shape index (κ2) is 6.01. The van der Waals surface area contributed by atoms with Crippen molar-refractivity contribution < 1.29 is 20.4 Å². The van der Waals surface area contributed by atoms with Gasteiger partial charge in [0.25, 0.3) is 0 Å². The van der Waals surface area contributed by atoms with E-state index in [1.807, 2.05) is 18.2 Å². The average Bonchev–Trinajstić information content (AvgIpc) is 2.65. The summed E-state index contributed by atoms with van der Waals surface area (Å²) in [7, 11) is 0. The van der Waals surface area contributed by atoms with Crippen LogP contribution in [0.1, 0.15) is 0 Å². The van der Waals surface area contributed by atoms with Crippen LogP contribution in [-0.4, -0.2) is 20.4 Å². The van der Waals surface area contributed by atoms with Gasteiger partial charge >= 0.3 is 0 Å². The third kappa shape index (κ3) is 2.48. The molecule has 4 rings (SSSR count). The quantitative estimate of drug-likeness (QED) is 0.413. The zero-order valence-electron chi connectivity index (χ0n) is 13.7. The fraction of sp³-hybridized carbons (Fsp3) is 0. The van der Waals surface area contributed by atoms with Crippen LogP contribution in [0.15, 0.2) is 72.8 Å². The highest BCUT2D eigenvalue weighted by molar-refractivity contribution is 6.09. The lowest BCUT2D eigenvalue weighted by atomic mass is 9.90. The van der Waals surface area contributed by atoms with Crippen LogP contribution in [0.25, 0.3) is 33.0 Å². The molecule has 0 radical (unpaired) electrons. The second-order valence-corrected chi connectivity index (χ2v) is 6.09. The summed E-state index contributed by atoms with van der Waals surface area (Å²) >= 11 is 0. The van der Waals surface area contributed by atoms with E-state index in [0.717, 1.165) is 0 Å². The lowest BCUT2D eigenvalue weighted by Crippen LogP contribution is -1.89. The summed E-state index contributed by atoms with van der Waals surface area (Å²) in [5.74, 6) is -0.00823. The Kier molecular flexibility index (Phi) is 3.66. The highest BCUT2D eigenvalue weighted by atomic mass is 16.3. The molecule has 0 bridgehead atoms. The fourth-order valence-electron chi connectivity index (χ4n) is 3.24. The summed E-state index contributed by atoms with van der Waals surface area (Å²) in [5.41, 5.74) is 2.17. The molecule has 4 heteroatoms. The van der Waals surface area contributed by atoms with Crippen LogP contribution in [0, 0.1) is 0 Å². The minimum atomic E-state index is -0.0953. The SMILES string of the molecule is Oc1ccc(-c2c(O)c(-c3ccccc3)c(O)c3cc(O)ccc23)cc1. The molecule has 0 spiro atoms. The highest BCUT2D eigenvalue weighted by Gasteiger charge is 2.21. The maximum absolute atomic E-state index is 11.0. The number of hydrogen-bond acceptors (Lipinski definition) is 4. The lowest BCUT2D eigenvalue weighted by Gasteiger charge is -2.17. The van der Waals surface area contributed by atoms with Crippen molar-refractivity contribution in [1.82, 2.24) is 0 Å². The number of hydrogen-bond donors (Lipinski definition) is 4. The molecule has 0 fully saturated rings. The van der Waals surface area contributed by atoms with Crippen LogP contribution in [0.5, 0.6) is 23.0 Å². The van der Waals surface area contributed by atoms with Gasteiger partial charge in [-0.05, 0) is 46.8 Å². The van der Waals surface area contributed by atoms with Crippen LogP contribution < -0.4 is 0 Å². The first-order valence-electron chi connectivity index (χ1n) is 8.11. The summed E-state index contributed by atoms with van der Waals surface area (Å²) in [5, 5.41) is 42.3. The van der Waals surface area contributed by atoms with Gasteiger partial charge in [0.05, 0.1) is 5.56 Å². The van der Waals surface area contributed by atoms with Gasteiger partial charge < -0.3 is 20.4 Å². The van der Waals surface area contributed by atoms with Crippen LogP contribution in [-0.2, 0) is 0 Å². The molecule has 128 valence electrons. The Bertz CT molecular complexity index is 1100. The van der Waals surface area contributed by atoms with Crippen molar-refractivity contribution in [3.63, 3.8) is 0 Å². The highest BCUT2D eigenvalue weighted by Crippen LogP contribution is 2.50. The van der Waals surface area contributed by atoms with E-state index >= 15 is 0 Å². The predicted molar refractivity (Wildman–Crippen MR) is 101 cm³/mol. The zero-order valence-corrected chi connectivity index (χ0v) is 13.7. The first-order chi connectivity index (χ1) is 12.6. The summed E-state index contributed by atoms with van der Waals surface area (Å²) in [6, 6.07) is 20.2. The Balaban J connectivity index is 2.15. The van der Waals surface area contributed by atoms with Crippen molar-refractivity contribution in [2.24, 2.45) is 0 Å². The molecular weight excluding hydrogens is 328 g/mol. The van der Waals surface area contributed by atoms with Crippen LogP contribution in [0.3, 0.4) is 0 Å². The molecule has 0 unspecified atom stereocenters. The van der Waals surface area contributed by atoms with Gasteiger partial charge in [0, 0.05) is 10.9 Å². The number of phenols is 4. The van der Waals surface area contributed by atoms with E-state index in [0.29, 0.717) is 33.0 Å². The molecule has 0 aromatic heterocycles. The van der Waals surface area contributed by atoms with Crippen LogP contribution >= 0.6 is 0 Å². The summed E-state index contributed by atoms with van der Waals surface area (Å²) < 4.78 is 0. The standard InChI is InChI=1S/C22H16O4/c23-15-8-6-14(7-9-15)19-17-11-10-16(24)12-18(17)21(25)20(22(19)26)13-4-2-1-3-5-13/h1-12,23-26H. The Labute approximate surface area is 149 Å². The molecule has 26 heavy (non-hydrogen) atoms. The minimum absolute atomic E-state index is 0.0224. The van der Waals surface area contributed by atoms with Gasteiger partial charge in [-0.1, -0.05) is 42.5 Å². The number of phenolic OH excluding ortho intramolecular Hbond substituents is 4. The Morgan fingerprint density at radius 1 is 0.462 bits per heavy atom. The zero-order chi connectivity index (χ0) is 18.3. The first-order valence-corrected chi connectivity index (χ1v) is 8.11. The largest absolute Gasteiger partial charge is 0.508 e. The molecule has 0 amide bonds. The lowest BCUT2D eigenvalue weighted by molar-refractivity contribution is 0.458. The van der Waals surface area contributed by atoms with Crippen molar-refractivity contribution in [1.29, 1.82) is 0 Å². The molecule has 0 aliphatic carbocycles. The van der Waals surface area contributed by atoms with E-state index in [1.54, 1.807) is 30.3 Å². The third-order valence-electron chi connectivity index (χ3n) is 4.46. The monoisotopic (exact) mass is 344 g/mol. The minimum Gasteiger partial charge on any atom is -0.508 e. The third-order valence-corrected chi connectivity index (χ3v) is 4.46. The van der Waals surface area contributed by atoms with Gasteiger partial charge in [-0.3, -0.25) is 0 Å². The van der Waals surface area contributed by atoms with Gasteiger partial charge in [0.2, 0.25) is 0 Å². The normalized spacial score (nSPS) is 10.9. The Morgan fingerprint density at radius 3 is 1.77 bits per heavy atom. The Hall–Kier alpha value is -3.66. The van der Waals surface area contributed by atoms with E-state index in [-0.39, 0.29) is 23.0 Å². The van der Waals surface area contributed by atoms with Crippen molar-refractivity contribution >= 4 is 10.8 Å². The maximum Gasteiger partial charge on any atom is 0.135 e. The van der Waals surface area contributed by atoms with Crippen molar-refractivity contribution in [3.05, 3.63) is 72.8 Å². The summed E-state index contributed by atoms with van der Waals surface area (Å²) in [6.07, 6.45) is 0. The van der Waals surface area contributed by atoms with Gasteiger partial charge in [0.15, 0.2) is 0 Å². The van der Waals surface area contributed by atoms with E-state index in [4.69, 9.17) is 0 Å². The van der Waals surface area contributed by atoms with E-state index < -0.39 is 0 Å². The number of benzene rings is 4. The molecular formula is C22H16O4. The van der Waals surface area contributed by atoms with Crippen LogP contribution in [0.2, 0.25) is 0 Å². The molecule has 0 saturated heterocycles. The van der Waals surface area contributed by atoms with Crippen molar-refractivity contribution in [2.75, 3.05) is 0 Å². The topological polar surface area (TPSA) is 80.9 Å². The molecule has 4 aromatic carbocycles. The number of aromatic hydroxyl groups is 4. The fourth-order valence-corrected chi connectivity index (χ4v) is 3.24. The number of fused-ring (bicyclic) bond motifs is 1. The smallest absolute Gasteiger partial charge is 0.135 e. The molecule has 4 nitrogen and oxygen atoms in total. The van der Waals surface area contributed by atoms with E-state index in [2.05, 4.69) is 0 Å². The first kappa shape index (κ1) is 15.8. The second-order valence-electron chi connectivity index (χ2n) is 6.09. The van der Waals surface area contributed by atoms with Gasteiger partial charge in [0.1, 0.15) is 23.0 Å². The molecule has 0 aliphatic heterocycles. The molecule has 4 aromatic rings. The van der Waals surface area contributed by atoms with Gasteiger partial charge in [-0.25, -0.2) is 0 Å². The predicted octanol–water partition coefficient (Wildman–Crippen LogP) is 5.00. The Morgan fingerprint density at radius 2 is 1.08 bits per heavy atom. The summed E-state index contributed by atoms with van der Waals surface area (Å²) in [6.45, 7) is 0.